The van der Waals surface area contributed by atoms with Gasteiger partial charge < -0.3 is 14.4 Å². The lowest BCUT2D eigenvalue weighted by molar-refractivity contribution is 0.0586. The normalized spacial score (nSPS) is 19.3. The molecule has 1 saturated carbocycles. The maximum absolute atomic E-state index is 11.1. The van der Waals surface area contributed by atoms with E-state index in [0.29, 0.717) is 11.5 Å². The van der Waals surface area contributed by atoms with E-state index in [1.807, 2.05) is 12.1 Å². The van der Waals surface area contributed by atoms with E-state index >= 15 is 0 Å². The fourth-order valence-corrected chi connectivity index (χ4v) is 4.73. The maximum Gasteiger partial charge on any atom is 0.274 e. The monoisotopic (exact) mass is 379 g/mol. The lowest BCUT2D eigenvalue weighted by Gasteiger charge is -2.59. The van der Waals surface area contributed by atoms with Gasteiger partial charge in [0.2, 0.25) is 0 Å². The summed E-state index contributed by atoms with van der Waals surface area (Å²) in [4.78, 5) is 11.0. The number of anilines is 1. The molecule has 0 amide bonds. The third kappa shape index (κ3) is 2.93. The van der Waals surface area contributed by atoms with Gasteiger partial charge in [-0.15, -0.1) is 0 Å². The zero-order chi connectivity index (χ0) is 18.5. The van der Waals surface area contributed by atoms with Crippen molar-refractivity contribution in [1.82, 2.24) is 14.7 Å². The first-order chi connectivity index (χ1) is 12.3. The molecule has 1 spiro atoms. The van der Waals surface area contributed by atoms with Crippen molar-refractivity contribution in [3.8, 4) is 11.5 Å². The lowest BCUT2D eigenvalue weighted by Crippen LogP contribution is -2.67. The number of aromatic nitrogens is 2. The number of ether oxygens (including phenoxy) is 2. The molecule has 2 aliphatic rings. The van der Waals surface area contributed by atoms with E-state index in [1.165, 1.54) is 0 Å². The minimum atomic E-state index is -3.64. The molecule has 2 aromatic rings. The first kappa shape index (κ1) is 17.3. The lowest BCUT2D eigenvalue weighted by atomic mass is 9.61. The van der Waals surface area contributed by atoms with Crippen LogP contribution in [0.3, 0.4) is 0 Å². The highest BCUT2D eigenvalue weighted by atomic mass is 32.2. The van der Waals surface area contributed by atoms with Crippen molar-refractivity contribution in [3.05, 3.63) is 18.5 Å². The second kappa shape index (κ2) is 5.93. The van der Waals surface area contributed by atoms with E-state index in [9.17, 15) is 8.42 Å². The van der Waals surface area contributed by atoms with Crippen LogP contribution in [0.5, 0.6) is 11.5 Å². The number of nitrogens with one attached hydrogen (secondary N) is 1. The topological polar surface area (TPSA) is 120 Å². The van der Waals surface area contributed by atoms with Crippen LogP contribution in [0.15, 0.2) is 18.5 Å². The third-order valence-corrected chi connectivity index (χ3v) is 5.82. The summed E-state index contributed by atoms with van der Waals surface area (Å²) >= 11 is 0. The van der Waals surface area contributed by atoms with Crippen LogP contribution < -0.4 is 24.2 Å². The predicted molar refractivity (Wildman–Crippen MR) is 96.6 cm³/mol. The Morgan fingerprint density at radius 2 is 1.85 bits per heavy atom. The minimum absolute atomic E-state index is 0.0707. The molecule has 1 aliphatic carbocycles. The fraction of sp³-hybridized carbons (Fsp3) is 0.500. The van der Waals surface area contributed by atoms with E-state index in [4.69, 9.17) is 14.6 Å². The van der Waals surface area contributed by atoms with Crippen LogP contribution in [0, 0.1) is 5.41 Å². The number of fused-ring (bicyclic) bond motifs is 1. The highest BCUT2D eigenvalue weighted by Gasteiger charge is 2.53. The van der Waals surface area contributed by atoms with E-state index in [2.05, 4.69) is 19.6 Å². The molecule has 9 nitrogen and oxygen atoms in total. The Morgan fingerprint density at radius 3 is 2.46 bits per heavy atom. The Bertz CT molecular complexity index is 951. The molecule has 2 fully saturated rings. The zero-order valence-corrected chi connectivity index (χ0v) is 15.4. The van der Waals surface area contributed by atoms with Crippen LogP contribution in [0.2, 0.25) is 0 Å². The third-order valence-electron chi connectivity index (χ3n) is 5.16. The molecule has 1 aliphatic heterocycles. The largest absolute Gasteiger partial charge is 0.493 e. The van der Waals surface area contributed by atoms with Crippen LogP contribution in [-0.4, -0.2) is 51.7 Å². The van der Waals surface area contributed by atoms with Crippen LogP contribution in [-0.2, 0) is 10.2 Å². The molecule has 140 valence electrons. The summed E-state index contributed by atoms with van der Waals surface area (Å²) in [6.45, 7) is 1.66. The van der Waals surface area contributed by atoms with E-state index in [-0.39, 0.29) is 11.5 Å². The summed E-state index contributed by atoms with van der Waals surface area (Å²) in [6.07, 6.45) is 3.13. The van der Waals surface area contributed by atoms with Gasteiger partial charge in [0.25, 0.3) is 10.2 Å². The summed E-state index contributed by atoms with van der Waals surface area (Å²) in [5.41, 5.74) is 0.923. The Balaban J connectivity index is 1.53. The van der Waals surface area contributed by atoms with Crippen molar-refractivity contribution in [1.29, 1.82) is 0 Å². The number of hydrogen-bond acceptors (Lipinski definition) is 7. The van der Waals surface area contributed by atoms with Crippen molar-refractivity contribution in [3.63, 3.8) is 0 Å². The van der Waals surface area contributed by atoms with Crippen molar-refractivity contribution in [2.24, 2.45) is 10.6 Å². The van der Waals surface area contributed by atoms with Crippen molar-refractivity contribution < 1.29 is 17.9 Å². The quantitative estimate of drug-likeness (QED) is 0.772. The maximum atomic E-state index is 11.1. The molecule has 0 radical (unpaired) electrons. The molecule has 26 heavy (non-hydrogen) atoms. The van der Waals surface area contributed by atoms with Crippen LogP contribution in [0.1, 0.15) is 12.8 Å². The van der Waals surface area contributed by atoms with Gasteiger partial charge >= 0.3 is 0 Å². The summed E-state index contributed by atoms with van der Waals surface area (Å²) < 4.78 is 35.4. The molecule has 1 aromatic carbocycles. The molecular formula is C16H21N5O4S. The zero-order valence-electron chi connectivity index (χ0n) is 14.6. The first-order valence-electron chi connectivity index (χ1n) is 8.24. The molecule has 0 atom stereocenters. The number of nitrogens with zero attached hydrogens (tertiary/aromatic N) is 3. The standard InChI is InChI=1S/C16H21N5O4S/c1-24-13-3-11-12(4-14(13)25-2)18-9-19-15(11)21-7-16(8-21)5-10(6-16)20-26(17,22)23/h3-4,9-10,20H,5-8H2,1-2H3,(H2,17,22,23). The molecule has 0 unspecified atom stereocenters. The Kier molecular flexibility index (Phi) is 3.94. The highest BCUT2D eigenvalue weighted by molar-refractivity contribution is 7.87. The second-order valence-corrected chi connectivity index (χ2v) is 8.37. The van der Waals surface area contributed by atoms with Gasteiger partial charge in [0.15, 0.2) is 11.5 Å². The Morgan fingerprint density at radius 1 is 1.19 bits per heavy atom. The average molecular weight is 379 g/mol. The summed E-state index contributed by atoms with van der Waals surface area (Å²) in [7, 11) is -0.450. The summed E-state index contributed by atoms with van der Waals surface area (Å²) in [5.74, 6) is 2.11. The Hall–Kier alpha value is -2.17. The van der Waals surface area contributed by atoms with Gasteiger partial charge in [-0.05, 0) is 18.9 Å². The van der Waals surface area contributed by atoms with Crippen molar-refractivity contribution in [2.45, 2.75) is 18.9 Å². The first-order valence-corrected chi connectivity index (χ1v) is 9.79. The van der Waals surface area contributed by atoms with Crippen LogP contribution in [0.4, 0.5) is 5.82 Å². The number of methoxy groups -OCH3 is 2. The van der Waals surface area contributed by atoms with Gasteiger partial charge in [-0.2, -0.15) is 13.1 Å². The number of benzene rings is 1. The van der Waals surface area contributed by atoms with E-state index in [0.717, 1.165) is 42.7 Å². The van der Waals surface area contributed by atoms with Gasteiger partial charge in [0.05, 0.1) is 19.7 Å². The fourth-order valence-electron chi connectivity index (χ4n) is 4.09. The van der Waals surface area contributed by atoms with Gasteiger partial charge in [0, 0.05) is 36.0 Å². The molecule has 1 saturated heterocycles. The summed E-state index contributed by atoms with van der Waals surface area (Å²) in [5, 5.41) is 5.94. The van der Waals surface area contributed by atoms with Gasteiger partial charge in [-0.25, -0.2) is 15.1 Å². The van der Waals surface area contributed by atoms with Crippen molar-refractivity contribution in [2.75, 3.05) is 32.2 Å². The number of rotatable bonds is 5. The smallest absolute Gasteiger partial charge is 0.274 e. The molecule has 10 heteroatoms. The van der Waals surface area contributed by atoms with Crippen LogP contribution >= 0.6 is 0 Å². The average Bonchev–Trinajstić information content (AvgIpc) is 2.53. The molecule has 0 bridgehead atoms. The van der Waals surface area contributed by atoms with Crippen LogP contribution in [0.25, 0.3) is 10.9 Å². The number of nitrogens with two attached hydrogens (primary N) is 1. The SMILES string of the molecule is COc1cc2ncnc(N3CC4(CC(NS(N)(=O)=O)C4)C3)c2cc1OC. The molecular weight excluding hydrogens is 358 g/mol. The van der Waals surface area contributed by atoms with Crippen molar-refractivity contribution >= 4 is 26.9 Å². The van der Waals surface area contributed by atoms with Gasteiger partial charge in [-0.3, -0.25) is 0 Å². The predicted octanol–water partition coefficient (Wildman–Crippen LogP) is 0.409. The molecule has 2 heterocycles. The Labute approximate surface area is 151 Å². The summed E-state index contributed by atoms with van der Waals surface area (Å²) in [6, 6.07) is 3.66. The minimum Gasteiger partial charge on any atom is -0.493 e. The van der Waals surface area contributed by atoms with E-state index in [1.54, 1.807) is 20.5 Å². The van der Waals surface area contributed by atoms with Gasteiger partial charge in [0.1, 0.15) is 12.1 Å². The molecule has 3 N–H and O–H groups in total. The number of hydrogen-bond donors (Lipinski definition) is 2. The highest BCUT2D eigenvalue weighted by Crippen LogP contribution is 2.50. The second-order valence-electron chi connectivity index (χ2n) is 7.05. The van der Waals surface area contributed by atoms with E-state index < -0.39 is 10.2 Å². The van der Waals surface area contributed by atoms with Gasteiger partial charge in [-0.1, -0.05) is 0 Å². The molecule has 1 aromatic heterocycles. The molecule has 4 rings (SSSR count).